The van der Waals surface area contributed by atoms with Crippen molar-refractivity contribution in [2.24, 2.45) is 0 Å². The highest BCUT2D eigenvalue weighted by Crippen LogP contribution is 2.33. The highest BCUT2D eigenvalue weighted by Gasteiger charge is 2.22. The molecule has 0 radical (unpaired) electrons. The summed E-state index contributed by atoms with van der Waals surface area (Å²) in [5, 5.41) is 0.880. The van der Waals surface area contributed by atoms with Gasteiger partial charge in [-0.3, -0.25) is 9.36 Å². The third-order valence-electron chi connectivity index (χ3n) is 4.37. The molecule has 0 spiro atoms. The van der Waals surface area contributed by atoms with Gasteiger partial charge in [-0.05, 0) is 44.1 Å². The van der Waals surface area contributed by atoms with Gasteiger partial charge in [-0.25, -0.2) is 4.98 Å². The topological polar surface area (TPSA) is 44.1 Å². The molecule has 5 heteroatoms. The van der Waals surface area contributed by atoms with Gasteiger partial charge in [0.15, 0.2) is 0 Å². The largest absolute Gasteiger partial charge is 0.376 e. The highest BCUT2D eigenvalue weighted by atomic mass is 32.1. The molecule has 106 valence electrons. The minimum absolute atomic E-state index is 0.130. The SMILES string of the molecule is O=c1c2c3c(sc2ncn1CC1CCCO1)CCCC3. The van der Waals surface area contributed by atoms with Crippen LogP contribution < -0.4 is 5.56 Å². The number of nitrogens with zero attached hydrogens (tertiary/aromatic N) is 2. The molecule has 20 heavy (non-hydrogen) atoms. The molecule has 0 amide bonds. The summed E-state index contributed by atoms with van der Waals surface area (Å²) in [6.45, 7) is 1.47. The van der Waals surface area contributed by atoms with E-state index < -0.39 is 0 Å². The maximum absolute atomic E-state index is 12.7. The van der Waals surface area contributed by atoms with Crippen LogP contribution in [0.25, 0.3) is 10.2 Å². The van der Waals surface area contributed by atoms with Gasteiger partial charge in [0.05, 0.1) is 24.4 Å². The fourth-order valence-electron chi connectivity index (χ4n) is 3.32. The summed E-state index contributed by atoms with van der Waals surface area (Å²) in [5.74, 6) is 0. The molecule has 1 aliphatic heterocycles. The Labute approximate surface area is 121 Å². The summed E-state index contributed by atoms with van der Waals surface area (Å²) in [7, 11) is 0. The Balaban J connectivity index is 1.79. The molecule has 1 saturated heterocycles. The van der Waals surface area contributed by atoms with Crippen LogP contribution in [0.4, 0.5) is 0 Å². The van der Waals surface area contributed by atoms with Crippen molar-refractivity contribution in [3.05, 3.63) is 27.1 Å². The number of aryl methyl sites for hydroxylation is 2. The van der Waals surface area contributed by atoms with Crippen LogP contribution in [0, 0.1) is 0 Å². The van der Waals surface area contributed by atoms with Gasteiger partial charge in [0.1, 0.15) is 4.83 Å². The lowest BCUT2D eigenvalue weighted by Gasteiger charge is -2.12. The Morgan fingerprint density at radius 1 is 1.35 bits per heavy atom. The van der Waals surface area contributed by atoms with Gasteiger partial charge in [0.25, 0.3) is 5.56 Å². The number of fused-ring (bicyclic) bond motifs is 3. The van der Waals surface area contributed by atoms with E-state index in [9.17, 15) is 4.79 Å². The molecule has 2 aliphatic rings. The fraction of sp³-hybridized carbons (Fsp3) is 0.600. The van der Waals surface area contributed by atoms with Gasteiger partial charge in [-0.15, -0.1) is 11.3 Å². The van der Waals surface area contributed by atoms with Crippen LogP contribution in [0.1, 0.15) is 36.1 Å². The first-order valence-electron chi connectivity index (χ1n) is 7.44. The van der Waals surface area contributed by atoms with Crippen molar-refractivity contribution >= 4 is 21.6 Å². The molecule has 1 aliphatic carbocycles. The second kappa shape index (κ2) is 4.97. The average molecular weight is 290 g/mol. The predicted octanol–water partition coefficient (Wildman–Crippen LogP) is 2.52. The normalized spacial score (nSPS) is 22.3. The van der Waals surface area contributed by atoms with Crippen molar-refractivity contribution in [2.75, 3.05) is 6.61 Å². The lowest BCUT2D eigenvalue weighted by atomic mass is 9.97. The molecule has 4 nitrogen and oxygen atoms in total. The van der Waals surface area contributed by atoms with E-state index in [4.69, 9.17) is 4.74 Å². The minimum atomic E-state index is 0.130. The van der Waals surface area contributed by atoms with E-state index in [0.29, 0.717) is 6.54 Å². The van der Waals surface area contributed by atoms with E-state index in [0.717, 1.165) is 42.5 Å². The van der Waals surface area contributed by atoms with Crippen molar-refractivity contribution in [1.29, 1.82) is 0 Å². The van der Waals surface area contributed by atoms with Crippen molar-refractivity contribution in [1.82, 2.24) is 9.55 Å². The van der Waals surface area contributed by atoms with Crippen LogP contribution in [-0.4, -0.2) is 22.3 Å². The van der Waals surface area contributed by atoms with E-state index in [1.54, 1.807) is 22.2 Å². The summed E-state index contributed by atoms with van der Waals surface area (Å²) in [4.78, 5) is 19.5. The predicted molar refractivity (Wildman–Crippen MR) is 79.5 cm³/mol. The third kappa shape index (κ3) is 2.00. The van der Waals surface area contributed by atoms with E-state index >= 15 is 0 Å². The molecule has 1 unspecified atom stereocenters. The van der Waals surface area contributed by atoms with E-state index in [1.807, 2.05) is 0 Å². The van der Waals surface area contributed by atoms with Crippen molar-refractivity contribution in [2.45, 2.75) is 51.2 Å². The summed E-state index contributed by atoms with van der Waals surface area (Å²) >= 11 is 1.71. The van der Waals surface area contributed by atoms with Crippen molar-refractivity contribution in [3.63, 3.8) is 0 Å². The van der Waals surface area contributed by atoms with Crippen LogP contribution in [0.15, 0.2) is 11.1 Å². The quantitative estimate of drug-likeness (QED) is 0.853. The number of aromatic nitrogens is 2. The number of ether oxygens (including phenoxy) is 1. The third-order valence-corrected chi connectivity index (χ3v) is 5.57. The van der Waals surface area contributed by atoms with Gasteiger partial charge in [-0.2, -0.15) is 0 Å². The van der Waals surface area contributed by atoms with Crippen molar-refractivity contribution < 1.29 is 4.74 Å². The molecule has 1 atom stereocenters. The van der Waals surface area contributed by atoms with Gasteiger partial charge in [-0.1, -0.05) is 0 Å². The molecule has 0 saturated carbocycles. The molecule has 0 aromatic carbocycles. The van der Waals surface area contributed by atoms with Gasteiger partial charge >= 0.3 is 0 Å². The van der Waals surface area contributed by atoms with E-state index in [1.165, 1.54) is 23.3 Å². The molecule has 2 aromatic rings. The Kier molecular flexibility index (Phi) is 3.11. The first kappa shape index (κ1) is 12.5. The molecule has 2 aromatic heterocycles. The first-order valence-corrected chi connectivity index (χ1v) is 8.26. The van der Waals surface area contributed by atoms with Crippen LogP contribution in [0.3, 0.4) is 0 Å². The summed E-state index contributed by atoms with van der Waals surface area (Å²) in [5.41, 5.74) is 1.40. The van der Waals surface area contributed by atoms with Crippen LogP contribution in [-0.2, 0) is 24.1 Å². The molecule has 4 rings (SSSR count). The van der Waals surface area contributed by atoms with Gasteiger partial charge in [0.2, 0.25) is 0 Å². The molecular formula is C15H18N2O2S. The Bertz CT molecular complexity index is 698. The second-order valence-corrected chi connectivity index (χ2v) is 6.81. The fourth-order valence-corrected chi connectivity index (χ4v) is 4.54. The average Bonchev–Trinajstić information content (AvgIpc) is 3.09. The maximum Gasteiger partial charge on any atom is 0.262 e. The zero-order chi connectivity index (χ0) is 13.5. The molecular weight excluding hydrogens is 272 g/mol. The van der Waals surface area contributed by atoms with Gasteiger partial charge in [0, 0.05) is 11.5 Å². The summed E-state index contributed by atoms with van der Waals surface area (Å²) in [6, 6.07) is 0. The Morgan fingerprint density at radius 2 is 2.25 bits per heavy atom. The summed E-state index contributed by atoms with van der Waals surface area (Å²) in [6.07, 6.45) is 8.62. The Hall–Kier alpha value is -1.20. The number of hydrogen-bond donors (Lipinski definition) is 0. The monoisotopic (exact) mass is 290 g/mol. The van der Waals surface area contributed by atoms with E-state index in [2.05, 4.69) is 4.98 Å². The number of thiophene rings is 1. The molecule has 0 N–H and O–H groups in total. The molecule has 1 fully saturated rings. The molecule has 0 bridgehead atoms. The molecule has 3 heterocycles. The highest BCUT2D eigenvalue weighted by molar-refractivity contribution is 7.18. The maximum atomic E-state index is 12.7. The number of hydrogen-bond acceptors (Lipinski definition) is 4. The van der Waals surface area contributed by atoms with Crippen LogP contribution in [0.5, 0.6) is 0 Å². The van der Waals surface area contributed by atoms with Gasteiger partial charge < -0.3 is 4.74 Å². The van der Waals surface area contributed by atoms with E-state index in [-0.39, 0.29) is 11.7 Å². The first-order chi connectivity index (χ1) is 9.83. The lowest BCUT2D eigenvalue weighted by molar-refractivity contribution is 0.0960. The Morgan fingerprint density at radius 3 is 3.10 bits per heavy atom. The zero-order valence-corrected chi connectivity index (χ0v) is 12.2. The van der Waals surface area contributed by atoms with Crippen LogP contribution >= 0.6 is 11.3 Å². The van der Waals surface area contributed by atoms with Crippen LogP contribution in [0.2, 0.25) is 0 Å². The summed E-state index contributed by atoms with van der Waals surface area (Å²) < 4.78 is 7.38. The zero-order valence-electron chi connectivity index (χ0n) is 11.4. The standard InChI is InChI=1S/C15H18N2O2S/c18-15-13-11-5-1-2-6-12(11)20-14(13)16-9-17(15)8-10-4-3-7-19-10/h9-10H,1-8H2. The lowest BCUT2D eigenvalue weighted by Crippen LogP contribution is -2.26. The number of rotatable bonds is 2. The van der Waals surface area contributed by atoms with Crippen molar-refractivity contribution in [3.8, 4) is 0 Å². The minimum Gasteiger partial charge on any atom is -0.376 e. The smallest absolute Gasteiger partial charge is 0.262 e. The second-order valence-electron chi connectivity index (χ2n) is 5.73.